The molecule has 1 heterocycles. The minimum atomic E-state index is -0.340. The second-order valence-electron chi connectivity index (χ2n) is 5.18. The Kier molecular flexibility index (Phi) is 5.51. The van der Waals surface area contributed by atoms with E-state index in [1.807, 2.05) is 66.7 Å². The number of nitrogens with one attached hydrogen (secondary N) is 1. The highest BCUT2D eigenvalue weighted by molar-refractivity contribution is 6.11. The van der Waals surface area contributed by atoms with Crippen LogP contribution in [0.15, 0.2) is 90.2 Å². The minimum Gasteiger partial charge on any atom is -0.484 e. The summed E-state index contributed by atoms with van der Waals surface area (Å²) in [6, 6.07) is 24.3. The van der Waals surface area contributed by atoms with Crippen LogP contribution < -0.4 is 10.2 Å². The summed E-state index contributed by atoms with van der Waals surface area (Å²) < 4.78 is 5.41. The van der Waals surface area contributed by atoms with Crippen molar-refractivity contribution in [1.82, 2.24) is 10.4 Å². The molecule has 3 aromatic rings. The standard InChI is InChI=1S/C20H17N3O2/c24-19(15-25-17-11-5-2-6-12-17)22-23-20(16-9-3-1-4-10-16)18-13-7-8-14-21-18/h1-14H,15H2,(H,22,24)/b23-20-. The number of amides is 1. The Labute approximate surface area is 146 Å². The lowest BCUT2D eigenvalue weighted by molar-refractivity contribution is -0.123. The third kappa shape index (κ3) is 4.75. The first kappa shape index (κ1) is 16.4. The Hall–Kier alpha value is -3.47. The molecule has 124 valence electrons. The highest BCUT2D eigenvalue weighted by Crippen LogP contribution is 2.09. The third-order valence-corrected chi connectivity index (χ3v) is 3.36. The smallest absolute Gasteiger partial charge is 0.277 e. The molecule has 5 heteroatoms. The maximum atomic E-state index is 12.0. The topological polar surface area (TPSA) is 63.6 Å². The molecule has 0 saturated heterocycles. The number of rotatable bonds is 6. The van der Waals surface area contributed by atoms with Gasteiger partial charge in [0.2, 0.25) is 0 Å². The van der Waals surface area contributed by atoms with Crippen molar-refractivity contribution in [1.29, 1.82) is 0 Å². The molecule has 0 aliphatic rings. The Balaban J connectivity index is 1.72. The number of carbonyl (C=O) groups is 1. The van der Waals surface area contributed by atoms with Crippen LogP contribution in [-0.2, 0) is 4.79 Å². The van der Waals surface area contributed by atoms with Crippen LogP contribution >= 0.6 is 0 Å². The number of hydrazone groups is 1. The summed E-state index contributed by atoms with van der Waals surface area (Å²) in [5.74, 6) is 0.294. The lowest BCUT2D eigenvalue weighted by Gasteiger charge is -2.08. The third-order valence-electron chi connectivity index (χ3n) is 3.36. The number of ether oxygens (including phenoxy) is 1. The number of aromatic nitrogens is 1. The number of pyridine rings is 1. The fourth-order valence-corrected chi connectivity index (χ4v) is 2.18. The zero-order chi connectivity index (χ0) is 17.3. The predicted octanol–water partition coefficient (Wildman–Crippen LogP) is 3.03. The first-order chi connectivity index (χ1) is 12.3. The molecule has 0 fully saturated rings. The van der Waals surface area contributed by atoms with Gasteiger partial charge in [-0.2, -0.15) is 5.10 Å². The van der Waals surface area contributed by atoms with E-state index in [4.69, 9.17) is 4.74 Å². The Morgan fingerprint density at radius 2 is 1.60 bits per heavy atom. The van der Waals surface area contributed by atoms with Crippen LogP contribution in [0.2, 0.25) is 0 Å². The van der Waals surface area contributed by atoms with Gasteiger partial charge in [0.15, 0.2) is 6.61 Å². The summed E-state index contributed by atoms with van der Waals surface area (Å²) in [5, 5.41) is 4.25. The van der Waals surface area contributed by atoms with E-state index < -0.39 is 0 Å². The first-order valence-corrected chi connectivity index (χ1v) is 7.84. The quantitative estimate of drug-likeness (QED) is 0.558. The molecule has 1 amide bonds. The van der Waals surface area contributed by atoms with Gasteiger partial charge in [0.1, 0.15) is 11.5 Å². The van der Waals surface area contributed by atoms with Crippen LogP contribution in [0.5, 0.6) is 5.75 Å². The van der Waals surface area contributed by atoms with Gasteiger partial charge in [0, 0.05) is 11.8 Å². The molecule has 0 aliphatic heterocycles. The molecule has 25 heavy (non-hydrogen) atoms. The molecular weight excluding hydrogens is 314 g/mol. The van der Waals surface area contributed by atoms with E-state index in [0.717, 1.165) is 5.56 Å². The van der Waals surface area contributed by atoms with Gasteiger partial charge >= 0.3 is 0 Å². The number of benzene rings is 2. The molecule has 0 spiro atoms. The highest BCUT2D eigenvalue weighted by Gasteiger charge is 2.09. The molecule has 1 aromatic heterocycles. The summed E-state index contributed by atoms with van der Waals surface area (Å²) in [4.78, 5) is 16.3. The fourth-order valence-electron chi connectivity index (χ4n) is 2.18. The maximum absolute atomic E-state index is 12.0. The van der Waals surface area contributed by atoms with Crippen LogP contribution in [0.25, 0.3) is 0 Å². The SMILES string of the molecule is O=C(COc1ccccc1)N/N=C(/c1ccccc1)c1ccccn1. The van der Waals surface area contributed by atoms with Crippen LogP contribution in [0, 0.1) is 0 Å². The zero-order valence-corrected chi connectivity index (χ0v) is 13.5. The Morgan fingerprint density at radius 1 is 0.920 bits per heavy atom. The molecule has 0 bridgehead atoms. The van der Waals surface area contributed by atoms with Gasteiger partial charge in [-0.05, 0) is 24.3 Å². The van der Waals surface area contributed by atoms with E-state index in [9.17, 15) is 4.79 Å². The Bertz CT molecular complexity index is 793. The van der Waals surface area contributed by atoms with Crippen molar-refractivity contribution in [2.45, 2.75) is 0 Å². The molecule has 5 nitrogen and oxygen atoms in total. The van der Waals surface area contributed by atoms with E-state index >= 15 is 0 Å². The molecule has 0 radical (unpaired) electrons. The van der Waals surface area contributed by atoms with Gasteiger partial charge in [0.05, 0.1) is 5.69 Å². The lowest BCUT2D eigenvalue weighted by atomic mass is 10.1. The summed E-state index contributed by atoms with van der Waals surface area (Å²) in [6.45, 7) is -0.113. The van der Waals surface area contributed by atoms with Crippen molar-refractivity contribution in [2.24, 2.45) is 5.10 Å². The van der Waals surface area contributed by atoms with Crippen molar-refractivity contribution in [3.05, 3.63) is 96.3 Å². The number of para-hydroxylation sites is 1. The zero-order valence-electron chi connectivity index (χ0n) is 13.5. The second-order valence-corrected chi connectivity index (χ2v) is 5.18. The van der Waals surface area contributed by atoms with Crippen LogP contribution in [0.4, 0.5) is 0 Å². The van der Waals surface area contributed by atoms with E-state index in [1.54, 1.807) is 18.3 Å². The summed E-state index contributed by atoms with van der Waals surface area (Å²) in [7, 11) is 0. The lowest BCUT2D eigenvalue weighted by Crippen LogP contribution is -2.26. The predicted molar refractivity (Wildman–Crippen MR) is 96.4 cm³/mol. The molecule has 2 aromatic carbocycles. The second kappa shape index (κ2) is 8.40. The van der Waals surface area contributed by atoms with Gasteiger partial charge < -0.3 is 4.74 Å². The van der Waals surface area contributed by atoms with Crippen LogP contribution in [0.1, 0.15) is 11.3 Å². The van der Waals surface area contributed by atoms with Gasteiger partial charge in [-0.25, -0.2) is 5.43 Å². The summed E-state index contributed by atoms with van der Waals surface area (Å²) in [5.41, 5.74) is 4.67. The molecule has 3 rings (SSSR count). The summed E-state index contributed by atoms with van der Waals surface area (Å²) >= 11 is 0. The molecule has 0 saturated carbocycles. The van der Waals surface area contributed by atoms with E-state index in [1.165, 1.54) is 0 Å². The summed E-state index contributed by atoms with van der Waals surface area (Å²) in [6.07, 6.45) is 1.69. The molecule has 1 N–H and O–H groups in total. The van der Waals surface area contributed by atoms with Crippen molar-refractivity contribution in [3.63, 3.8) is 0 Å². The van der Waals surface area contributed by atoms with Crippen molar-refractivity contribution < 1.29 is 9.53 Å². The van der Waals surface area contributed by atoms with Crippen molar-refractivity contribution in [3.8, 4) is 5.75 Å². The molecule has 0 unspecified atom stereocenters. The number of carbonyl (C=O) groups excluding carboxylic acids is 1. The molecular formula is C20H17N3O2. The van der Waals surface area contributed by atoms with Gasteiger partial charge in [-0.3, -0.25) is 9.78 Å². The van der Waals surface area contributed by atoms with Crippen LogP contribution in [0.3, 0.4) is 0 Å². The van der Waals surface area contributed by atoms with Gasteiger partial charge in [-0.15, -0.1) is 0 Å². The maximum Gasteiger partial charge on any atom is 0.277 e. The Morgan fingerprint density at radius 3 is 2.28 bits per heavy atom. The number of hydrogen-bond acceptors (Lipinski definition) is 4. The number of nitrogens with zero attached hydrogens (tertiary/aromatic N) is 2. The highest BCUT2D eigenvalue weighted by atomic mass is 16.5. The molecule has 0 atom stereocenters. The van der Waals surface area contributed by atoms with Crippen molar-refractivity contribution in [2.75, 3.05) is 6.61 Å². The first-order valence-electron chi connectivity index (χ1n) is 7.84. The normalized spacial score (nSPS) is 11.0. The van der Waals surface area contributed by atoms with Crippen LogP contribution in [-0.4, -0.2) is 23.2 Å². The van der Waals surface area contributed by atoms with E-state index in [2.05, 4.69) is 15.5 Å². The average Bonchev–Trinajstić information content (AvgIpc) is 2.69. The van der Waals surface area contributed by atoms with Crippen molar-refractivity contribution >= 4 is 11.6 Å². The molecule has 0 aliphatic carbocycles. The number of hydrogen-bond donors (Lipinski definition) is 1. The minimum absolute atomic E-state index is 0.113. The monoisotopic (exact) mass is 331 g/mol. The van der Waals surface area contributed by atoms with E-state index in [-0.39, 0.29) is 12.5 Å². The fraction of sp³-hybridized carbons (Fsp3) is 0.0500. The van der Waals surface area contributed by atoms with E-state index in [0.29, 0.717) is 17.2 Å². The van der Waals surface area contributed by atoms with Gasteiger partial charge in [-0.1, -0.05) is 54.6 Å². The average molecular weight is 331 g/mol. The van der Waals surface area contributed by atoms with Gasteiger partial charge in [0.25, 0.3) is 5.91 Å². The largest absolute Gasteiger partial charge is 0.484 e.